The lowest BCUT2D eigenvalue weighted by molar-refractivity contribution is -0.385. The van der Waals surface area contributed by atoms with Gasteiger partial charge in [-0.3, -0.25) is 10.1 Å². The molecule has 0 aliphatic carbocycles. The number of hydrogen-bond donors (Lipinski definition) is 1. The first kappa shape index (κ1) is 14.7. The third-order valence-corrected chi connectivity index (χ3v) is 2.94. The number of rotatable bonds is 6. The molecule has 9 heteroatoms. The van der Waals surface area contributed by atoms with Gasteiger partial charge in [0.05, 0.1) is 30.3 Å². The van der Waals surface area contributed by atoms with Crippen molar-refractivity contribution in [2.75, 3.05) is 12.4 Å². The van der Waals surface area contributed by atoms with Gasteiger partial charge in [-0.15, -0.1) is 10.2 Å². The molecule has 0 unspecified atom stereocenters. The molecule has 2 aromatic rings. The van der Waals surface area contributed by atoms with Gasteiger partial charge < -0.3 is 14.6 Å². The zero-order valence-electron chi connectivity index (χ0n) is 11.5. The molecule has 1 aromatic heterocycles. The Morgan fingerprint density at radius 1 is 1.52 bits per heavy atom. The van der Waals surface area contributed by atoms with Gasteiger partial charge in [-0.2, -0.15) is 0 Å². The number of nitrogens with zero attached hydrogens (tertiary/aromatic N) is 4. The van der Waals surface area contributed by atoms with Gasteiger partial charge in [0.15, 0.2) is 17.4 Å². The van der Waals surface area contributed by atoms with Gasteiger partial charge in [0.25, 0.3) is 0 Å². The van der Waals surface area contributed by atoms with Crippen molar-refractivity contribution in [2.45, 2.75) is 20.0 Å². The van der Waals surface area contributed by atoms with E-state index >= 15 is 0 Å². The maximum atomic E-state index is 13.9. The summed E-state index contributed by atoms with van der Waals surface area (Å²) in [5.41, 5.74) is -0.319. The van der Waals surface area contributed by atoms with Crippen molar-refractivity contribution in [2.24, 2.45) is 0 Å². The van der Waals surface area contributed by atoms with Crippen molar-refractivity contribution in [3.05, 3.63) is 40.2 Å². The van der Waals surface area contributed by atoms with Crippen LogP contribution in [0.4, 0.5) is 15.8 Å². The Bertz CT molecular complexity index is 658. The molecule has 0 spiro atoms. The zero-order chi connectivity index (χ0) is 15.4. The van der Waals surface area contributed by atoms with E-state index in [0.29, 0.717) is 12.4 Å². The van der Waals surface area contributed by atoms with Crippen LogP contribution < -0.4 is 10.1 Å². The fourth-order valence-corrected chi connectivity index (χ4v) is 1.84. The van der Waals surface area contributed by atoms with Crippen LogP contribution in [0.3, 0.4) is 0 Å². The van der Waals surface area contributed by atoms with Crippen LogP contribution >= 0.6 is 0 Å². The van der Waals surface area contributed by atoms with Crippen LogP contribution in [0.1, 0.15) is 12.7 Å². The molecule has 112 valence electrons. The van der Waals surface area contributed by atoms with E-state index in [1.165, 1.54) is 13.2 Å². The number of nitro benzene ring substituents is 1. The van der Waals surface area contributed by atoms with Crippen LogP contribution in [0.2, 0.25) is 0 Å². The molecule has 21 heavy (non-hydrogen) atoms. The molecular formula is C12H14FN5O3. The number of halogens is 1. The molecule has 0 aliphatic heterocycles. The van der Waals surface area contributed by atoms with E-state index in [9.17, 15) is 14.5 Å². The number of anilines is 1. The highest BCUT2D eigenvalue weighted by atomic mass is 19.1. The number of hydrogen-bond acceptors (Lipinski definition) is 6. The molecule has 1 N–H and O–H groups in total. The van der Waals surface area contributed by atoms with Crippen LogP contribution in [0.5, 0.6) is 5.75 Å². The minimum Gasteiger partial charge on any atom is -0.490 e. The number of aryl methyl sites for hydroxylation is 1. The van der Waals surface area contributed by atoms with E-state index < -0.39 is 16.4 Å². The molecule has 2 rings (SSSR count). The number of benzene rings is 1. The number of ether oxygens (including phenoxy) is 1. The Balaban J connectivity index is 2.22. The van der Waals surface area contributed by atoms with Gasteiger partial charge >= 0.3 is 5.69 Å². The summed E-state index contributed by atoms with van der Waals surface area (Å²) in [6.45, 7) is 2.87. The second-order valence-corrected chi connectivity index (χ2v) is 4.15. The molecule has 0 radical (unpaired) electrons. The van der Waals surface area contributed by atoms with Crippen molar-refractivity contribution >= 4 is 11.4 Å². The molecule has 0 amide bonds. The summed E-state index contributed by atoms with van der Waals surface area (Å²) in [4.78, 5) is 10.1. The monoisotopic (exact) mass is 295 g/mol. The number of methoxy groups -OCH3 is 1. The smallest absolute Gasteiger partial charge is 0.313 e. The molecule has 0 bridgehead atoms. The molecule has 0 fully saturated rings. The topological polar surface area (TPSA) is 95.1 Å². The van der Waals surface area contributed by atoms with Crippen molar-refractivity contribution in [1.29, 1.82) is 0 Å². The van der Waals surface area contributed by atoms with Crippen LogP contribution in [0, 0.1) is 15.9 Å². The predicted molar refractivity (Wildman–Crippen MR) is 72.6 cm³/mol. The van der Waals surface area contributed by atoms with Crippen LogP contribution in [-0.2, 0) is 13.1 Å². The molecule has 0 atom stereocenters. The molecular weight excluding hydrogens is 281 g/mol. The number of aromatic nitrogens is 3. The fourth-order valence-electron chi connectivity index (χ4n) is 1.84. The average Bonchev–Trinajstić information content (AvgIpc) is 2.93. The van der Waals surface area contributed by atoms with Gasteiger partial charge in [0, 0.05) is 12.6 Å². The maximum absolute atomic E-state index is 13.9. The van der Waals surface area contributed by atoms with Gasteiger partial charge in [-0.25, -0.2) is 4.39 Å². The van der Waals surface area contributed by atoms with E-state index in [4.69, 9.17) is 4.74 Å². The minimum atomic E-state index is -0.731. The first-order valence-corrected chi connectivity index (χ1v) is 6.19. The van der Waals surface area contributed by atoms with E-state index in [0.717, 1.165) is 6.07 Å². The molecule has 1 heterocycles. The first-order chi connectivity index (χ1) is 10.1. The number of nitrogens with one attached hydrogen (secondary N) is 1. The van der Waals surface area contributed by atoms with Gasteiger partial charge in [0.1, 0.15) is 6.33 Å². The van der Waals surface area contributed by atoms with Crippen molar-refractivity contribution in [1.82, 2.24) is 14.8 Å². The molecule has 0 saturated carbocycles. The molecule has 1 aromatic carbocycles. The first-order valence-electron chi connectivity index (χ1n) is 6.19. The van der Waals surface area contributed by atoms with Crippen molar-refractivity contribution < 1.29 is 14.1 Å². The largest absolute Gasteiger partial charge is 0.490 e. The fraction of sp³-hybridized carbons (Fsp3) is 0.333. The highest BCUT2D eigenvalue weighted by molar-refractivity contribution is 5.59. The average molecular weight is 295 g/mol. The summed E-state index contributed by atoms with van der Waals surface area (Å²) in [6, 6.07) is 2.08. The van der Waals surface area contributed by atoms with Crippen molar-refractivity contribution in [3.63, 3.8) is 0 Å². The molecule has 0 saturated heterocycles. The Morgan fingerprint density at radius 3 is 2.90 bits per heavy atom. The Labute approximate surface area is 119 Å². The normalized spacial score (nSPS) is 10.4. The summed E-state index contributed by atoms with van der Waals surface area (Å²) in [6.07, 6.45) is 1.57. The van der Waals surface area contributed by atoms with E-state index in [1.807, 2.05) is 6.92 Å². The lowest BCUT2D eigenvalue weighted by Gasteiger charge is -2.10. The quantitative estimate of drug-likeness (QED) is 0.646. The van der Waals surface area contributed by atoms with Crippen LogP contribution in [0.15, 0.2) is 18.5 Å². The Morgan fingerprint density at radius 2 is 2.29 bits per heavy atom. The Hall–Kier alpha value is -2.71. The highest BCUT2D eigenvalue weighted by Gasteiger charge is 2.19. The summed E-state index contributed by atoms with van der Waals surface area (Å²) in [5, 5.41) is 21.3. The number of nitro groups is 1. The van der Waals surface area contributed by atoms with Crippen LogP contribution in [-0.4, -0.2) is 26.8 Å². The van der Waals surface area contributed by atoms with Gasteiger partial charge in [0.2, 0.25) is 0 Å². The third-order valence-electron chi connectivity index (χ3n) is 2.94. The van der Waals surface area contributed by atoms with Gasteiger partial charge in [-0.1, -0.05) is 0 Å². The van der Waals surface area contributed by atoms with Crippen molar-refractivity contribution in [3.8, 4) is 5.75 Å². The second kappa shape index (κ2) is 6.16. The molecule has 8 nitrogen and oxygen atoms in total. The lowest BCUT2D eigenvalue weighted by atomic mass is 10.2. The summed E-state index contributed by atoms with van der Waals surface area (Å²) < 4.78 is 20.6. The van der Waals surface area contributed by atoms with E-state index in [-0.39, 0.29) is 18.0 Å². The third kappa shape index (κ3) is 3.07. The lowest BCUT2D eigenvalue weighted by Crippen LogP contribution is -2.09. The van der Waals surface area contributed by atoms with E-state index in [1.54, 1.807) is 10.9 Å². The van der Waals surface area contributed by atoms with Gasteiger partial charge in [-0.05, 0) is 6.92 Å². The predicted octanol–water partition coefficient (Wildman–Crippen LogP) is 1.97. The zero-order valence-corrected chi connectivity index (χ0v) is 11.5. The van der Waals surface area contributed by atoms with Crippen LogP contribution in [0.25, 0.3) is 0 Å². The maximum Gasteiger partial charge on any atom is 0.313 e. The Kier molecular flexibility index (Phi) is 4.31. The summed E-state index contributed by atoms with van der Waals surface area (Å²) >= 11 is 0. The summed E-state index contributed by atoms with van der Waals surface area (Å²) in [5.74, 6) is -0.111. The SMILES string of the molecule is CCn1cnnc1CNc1cc(OC)c([N+](=O)[O-])cc1F. The molecule has 0 aliphatic rings. The second-order valence-electron chi connectivity index (χ2n) is 4.15. The summed E-state index contributed by atoms with van der Waals surface area (Å²) in [7, 11) is 1.29. The van der Waals surface area contributed by atoms with E-state index in [2.05, 4.69) is 15.5 Å². The minimum absolute atomic E-state index is 0.0131. The highest BCUT2D eigenvalue weighted by Crippen LogP contribution is 2.32. The standard InChI is InChI=1S/C12H14FN5O3/c1-3-17-7-15-16-12(17)6-14-9-5-11(21-2)10(18(19)20)4-8(9)13/h4-5,7,14H,3,6H2,1-2H3.